The number of rotatable bonds is 5. The number of para-hydroxylation sites is 1. The fraction of sp³-hybridized carbons (Fsp3) is 0.353. The third kappa shape index (κ3) is 3.34. The van der Waals surface area contributed by atoms with Crippen LogP contribution in [0, 0.1) is 6.92 Å². The number of nitrogens with zero attached hydrogens (tertiary/aromatic N) is 4. The molecule has 26 heavy (non-hydrogen) atoms. The zero-order chi connectivity index (χ0) is 18.1. The van der Waals surface area contributed by atoms with E-state index in [1.165, 1.54) is 6.39 Å². The zero-order valence-electron chi connectivity index (χ0n) is 14.2. The Kier molecular flexibility index (Phi) is 4.23. The van der Waals surface area contributed by atoms with E-state index in [9.17, 15) is 8.42 Å². The van der Waals surface area contributed by atoms with Crippen molar-refractivity contribution in [1.82, 2.24) is 19.7 Å². The van der Waals surface area contributed by atoms with Gasteiger partial charge in [-0.05, 0) is 25.5 Å². The van der Waals surface area contributed by atoms with Crippen LogP contribution in [-0.4, -0.2) is 39.7 Å². The van der Waals surface area contributed by atoms with Crippen LogP contribution in [0.1, 0.15) is 24.0 Å². The molecule has 1 fully saturated rings. The Morgan fingerprint density at radius 3 is 2.77 bits per heavy atom. The molecule has 0 radical (unpaired) electrons. The van der Waals surface area contributed by atoms with Gasteiger partial charge in [0.05, 0.1) is 23.2 Å². The maximum atomic E-state index is 11.9. The van der Waals surface area contributed by atoms with Gasteiger partial charge in [0, 0.05) is 0 Å². The van der Waals surface area contributed by atoms with E-state index in [1.54, 1.807) is 4.68 Å². The van der Waals surface area contributed by atoms with E-state index in [-0.39, 0.29) is 24.2 Å². The van der Waals surface area contributed by atoms with Gasteiger partial charge in [0.1, 0.15) is 12.4 Å². The van der Waals surface area contributed by atoms with Gasteiger partial charge in [-0.3, -0.25) is 0 Å². The summed E-state index contributed by atoms with van der Waals surface area (Å²) < 4.78 is 36.6. The number of hydrogen-bond donors (Lipinski definition) is 0. The van der Waals surface area contributed by atoms with Crippen LogP contribution in [-0.2, 0) is 16.4 Å². The molecule has 0 bridgehead atoms. The molecular formula is C17H18N4O4S. The van der Waals surface area contributed by atoms with Crippen LogP contribution in [0.15, 0.2) is 41.1 Å². The fourth-order valence-corrected chi connectivity index (χ4v) is 4.68. The Balaban J connectivity index is 1.65. The second kappa shape index (κ2) is 6.56. The van der Waals surface area contributed by atoms with Crippen molar-refractivity contribution in [3.05, 3.63) is 48.2 Å². The molecule has 0 unspecified atom stereocenters. The molecule has 1 aliphatic rings. The summed E-state index contributed by atoms with van der Waals surface area (Å²) in [4.78, 5) is 8.61. The first-order valence-corrected chi connectivity index (χ1v) is 10.1. The van der Waals surface area contributed by atoms with Gasteiger partial charge < -0.3 is 9.15 Å². The summed E-state index contributed by atoms with van der Waals surface area (Å²) in [5, 5.41) is 4.50. The Morgan fingerprint density at radius 1 is 1.31 bits per heavy atom. The summed E-state index contributed by atoms with van der Waals surface area (Å²) in [6.07, 6.45) is 1.85. The number of sulfone groups is 1. The van der Waals surface area contributed by atoms with Crippen molar-refractivity contribution in [2.45, 2.75) is 26.0 Å². The highest BCUT2D eigenvalue weighted by Gasteiger charge is 2.33. The molecule has 0 N–H and O–H groups in total. The lowest BCUT2D eigenvalue weighted by Gasteiger charge is -2.10. The SMILES string of the molecule is Cc1ncoc1-c1nc(COc2ccccc2)nn1[C@H]1CCS(=O)(=O)C1. The molecule has 0 saturated carbocycles. The quantitative estimate of drug-likeness (QED) is 0.675. The molecule has 1 aromatic carbocycles. The van der Waals surface area contributed by atoms with Crippen molar-refractivity contribution >= 4 is 9.84 Å². The summed E-state index contributed by atoms with van der Waals surface area (Å²) in [6, 6.07) is 9.11. The summed E-state index contributed by atoms with van der Waals surface area (Å²) in [6.45, 7) is 1.99. The van der Waals surface area contributed by atoms with Crippen LogP contribution >= 0.6 is 0 Å². The lowest BCUT2D eigenvalue weighted by atomic mass is 10.2. The minimum Gasteiger partial charge on any atom is -0.486 e. The molecule has 8 nitrogen and oxygen atoms in total. The standard InChI is InChI=1S/C17H18N4O4S/c1-12-16(25-11-18-12)17-19-15(9-24-14-5-3-2-4-6-14)20-21(17)13-7-8-26(22,23)10-13/h2-6,11,13H,7-10H2,1H3/t13-/m0/s1. The number of oxazole rings is 1. The maximum Gasteiger partial charge on any atom is 0.196 e. The van der Waals surface area contributed by atoms with Gasteiger partial charge in [-0.2, -0.15) is 5.10 Å². The maximum absolute atomic E-state index is 11.9. The Hall–Kier alpha value is -2.68. The molecule has 136 valence electrons. The molecule has 0 spiro atoms. The second-order valence-electron chi connectivity index (χ2n) is 6.22. The highest BCUT2D eigenvalue weighted by atomic mass is 32.2. The van der Waals surface area contributed by atoms with Gasteiger partial charge >= 0.3 is 0 Å². The van der Waals surface area contributed by atoms with Crippen LogP contribution < -0.4 is 4.74 Å². The van der Waals surface area contributed by atoms with Crippen LogP contribution in [0.3, 0.4) is 0 Å². The van der Waals surface area contributed by atoms with Crippen LogP contribution in [0.4, 0.5) is 0 Å². The highest BCUT2D eigenvalue weighted by Crippen LogP contribution is 2.29. The summed E-state index contributed by atoms with van der Waals surface area (Å²) in [5.41, 5.74) is 0.676. The lowest BCUT2D eigenvalue weighted by Crippen LogP contribution is -2.14. The first kappa shape index (κ1) is 16.8. The number of aryl methyl sites for hydroxylation is 1. The number of ether oxygens (including phenoxy) is 1. The summed E-state index contributed by atoms with van der Waals surface area (Å²) >= 11 is 0. The molecule has 1 aliphatic heterocycles. The summed E-state index contributed by atoms with van der Waals surface area (Å²) in [5.74, 6) is 2.35. The van der Waals surface area contributed by atoms with Gasteiger partial charge in [-0.1, -0.05) is 18.2 Å². The van der Waals surface area contributed by atoms with Crippen molar-refractivity contribution < 1.29 is 17.6 Å². The van der Waals surface area contributed by atoms with Gasteiger partial charge in [0.15, 0.2) is 33.6 Å². The molecule has 1 atom stereocenters. The number of aromatic nitrogens is 4. The minimum atomic E-state index is -3.05. The molecule has 3 aromatic rings. The van der Waals surface area contributed by atoms with Crippen molar-refractivity contribution in [2.75, 3.05) is 11.5 Å². The van der Waals surface area contributed by atoms with Crippen molar-refractivity contribution in [3.8, 4) is 17.3 Å². The molecule has 4 rings (SSSR count). The van der Waals surface area contributed by atoms with Crippen LogP contribution in [0.25, 0.3) is 11.6 Å². The van der Waals surface area contributed by atoms with Crippen LogP contribution in [0.5, 0.6) is 5.75 Å². The lowest BCUT2D eigenvalue weighted by molar-refractivity contribution is 0.294. The predicted octanol–water partition coefficient (Wildman–Crippen LogP) is 2.18. The fourth-order valence-electron chi connectivity index (χ4n) is 2.99. The molecule has 0 aliphatic carbocycles. The van der Waals surface area contributed by atoms with Gasteiger partial charge in [-0.15, -0.1) is 0 Å². The van der Waals surface area contributed by atoms with E-state index in [1.807, 2.05) is 37.3 Å². The van der Waals surface area contributed by atoms with E-state index < -0.39 is 9.84 Å². The Morgan fingerprint density at radius 2 is 2.12 bits per heavy atom. The zero-order valence-corrected chi connectivity index (χ0v) is 15.0. The van der Waals surface area contributed by atoms with E-state index >= 15 is 0 Å². The molecule has 1 saturated heterocycles. The normalized spacial score (nSPS) is 18.9. The van der Waals surface area contributed by atoms with E-state index in [2.05, 4.69) is 15.1 Å². The average Bonchev–Trinajstić information content (AvgIpc) is 3.32. The summed E-state index contributed by atoms with van der Waals surface area (Å²) in [7, 11) is -3.05. The first-order chi connectivity index (χ1) is 12.5. The van der Waals surface area contributed by atoms with Gasteiger partial charge in [-0.25, -0.2) is 23.1 Å². The van der Waals surface area contributed by atoms with Crippen molar-refractivity contribution in [1.29, 1.82) is 0 Å². The third-order valence-corrected chi connectivity index (χ3v) is 6.04. The minimum absolute atomic E-state index is 0.0511. The largest absolute Gasteiger partial charge is 0.486 e. The smallest absolute Gasteiger partial charge is 0.196 e. The van der Waals surface area contributed by atoms with E-state index in [0.717, 1.165) is 0 Å². The highest BCUT2D eigenvalue weighted by molar-refractivity contribution is 7.91. The topological polar surface area (TPSA) is 100 Å². The van der Waals surface area contributed by atoms with E-state index in [0.29, 0.717) is 35.3 Å². The molecule has 9 heteroatoms. The predicted molar refractivity (Wildman–Crippen MR) is 93.3 cm³/mol. The first-order valence-electron chi connectivity index (χ1n) is 8.26. The monoisotopic (exact) mass is 374 g/mol. The van der Waals surface area contributed by atoms with Gasteiger partial charge in [0.25, 0.3) is 0 Å². The third-order valence-electron chi connectivity index (χ3n) is 4.29. The van der Waals surface area contributed by atoms with Crippen molar-refractivity contribution in [3.63, 3.8) is 0 Å². The molecular weight excluding hydrogens is 356 g/mol. The average molecular weight is 374 g/mol. The Labute approximate surface area is 150 Å². The molecule has 0 amide bonds. The molecule has 2 aromatic heterocycles. The second-order valence-corrected chi connectivity index (χ2v) is 8.45. The number of hydrogen-bond acceptors (Lipinski definition) is 7. The Bertz CT molecular complexity index is 1010. The van der Waals surface area contributed by atoms with Crippen LogP contribution in [0.2, 0.25) is 0 Å². The van der Waals surface area contributed by atoms with E-state index in [4.69, 9.17) is 9.15 Å². The number of benzene rings is 1. The van der Waals surface area contributed by atoms with Crippen molar-refractivity contribution in [2.24, 2.45) is 0 Å². The van der Waals surface area contributed by atoms with Gasteiger partial charge in [0.2, 0.25) is 0 Å². The molecule has 3 heterocycles.